The average Bonchev–Trinajstić information content (AvgIpc) is 3.37. The van der Waals surface area contributed by atoms with Gasteiger partial charge in [-0.05, 0) is 23.8 Å². The van der Waals surface area contributed by atoms with E-state index < -0.39 is 0 Å². The van der Waals surface area contributed by atoms with Crippen LogP contribution in [0.15, 0.2) is 48.9 Å². The lowest BCUT2D eigenvalue weighted by Gasteiger charge is -2.10. The number of pyridine rings is 1. The van der Waals surface area contributed by atoms with Crippen LogP contribution in [0.3, 0.4) is 0 Å². The fourth-order valence-electron chi connectivity index (χ4n) is 3.07. The molecule has 0 saturated heterocycles. The SMILES string of the molecule is C[C@@H](c1ccc2ncccc2c1)c1nnc2sc(Nc3cnn(C)c3)nn12. The number of hydrogen-bond donors (Lipinski definition) is 1. The highest BCUT2D eigenvalue weighted by Gasteiger charge is 2.19. The van der Waals surface area contributed by atoms with E-state index in [-0.39, 0.29) is 5.92 Å². The van der Waals surface area contributed by atoms with Crippen LogP contribution in [0.5, 0.6) is 0 Å². The molecule has 5 aromatic rings. The first-order valence-electron chi connectivity index (χ1n) is 8.50. The Labute approximate surface area is 158 Å². The van der Waals surface area contributed by atoms with Crippen molar-refractivity contribution in [2.24, 2.45) is 7.05 Å². The largest absolute Gasteiger partial charge is 0.327 e. The molecule has 0 aliphatic rings. The molecule has 0 fully saturated rings. The molecular weight excluding hydrogens is 360 g/mol. The van der Waals surface area contributed by atoms with Crippen molar-refractivity contribution < 1.29 is 0 Å². The standard InChI is InChI=1S/C18H16N8S/c1-11(12-5-6-15-13(8-12)4-3-7-19-15)16-22-23-18-26(16)24-17(27-18)21-14-9-20-25(2)10-14/h3-11H,1-2H3,(H,21,24)/t11-/m0/s1. The van der Waals surface area contributed by atoms with Crippen LogP contribution in [0, 0.1) is 0 Å². The van der Waals surface area contributed by atoms with Crippen molar-refractivity contribution in [1.82, 2.24) is 34.6 Å². The quantitative estimate of drug-likeness (QED) is 0.518. The van der Waals surface area contributed by atoms with Crippen LogP contribution < -0.4 is 5.32 Å². The molecular formula is C18H16N8S. The molecule has 0 amide bonds. The average molecular weight is 376 g/mol. The van der Waals surface area contributed by atoms with Gasteiger partial charge >= 0.3 is 0 Å². The number of hydrogen-bond acceptors (Lipinski definition) is 7. The summed E-state index contributed by atoms with van der Waals surface area (Å²) in [6.45, 7) is 2.11. The lowest BCUT2D eigenvalue weighted by atomic mass is 9.99. The van der Waals surface area contributed by atoms with E-state index in [1.54, 1.807) is 17.1 Å². The van der Waals surface area contributed by atoms with Crippen LogP contribution in [0.2, 0.25) is 0 Å². The first-order chi connectivity index (χ1) is 13.2. The van der Waals surface area contributed by atoms with Gasteiger partial charge in [-0.3, -0.25) is 9.67 Å². The fraction of sp³-hybridized carbons (Fsp3) is 0.167. The molecule has 4 aromatic heterocycles. The van der Waals surface area contributed by atoms with E-state index in [1.165, 1.54) is 11.3 Å². The molecule has 0 radical (unpaired) electrons. The topological polar surface area (TPSA) is 85.8 Å². The third kappa shape index (κ3) is 2.81. The van der Waals surface area contributed by atoms with Gasteiger partial charge in [0.25, 0.3) is 0 Å². The Balaban J connectivity index is 1.49. The highest BCUT2D eigenvalue weighted by atomic mass is 32.1. The smallest absolute Gasteiger partial charge is 0.236 e. The number of nitrogens with zero attached hydrogens (tertiary/aromatic N) is 7. The molecule has 1 aromatic carbocycles. The number of anilines is 2. The zero-order valence-corrected chi connectivity index (χ0v) is 15.6. The first-order valence-corrected chi connectivity index (χ1v) is 9.31. The molecule has 27 heavy (non-hydrogen) atoms. The molecule has 134 valence electrons. The number of benzene rings is 1. The van der Waals surface area contributed by atoms with E-state index in [2.05, 4.69) is 55.8 Å². The summed E-state index contributed by atoms with van der Waals surface area (Å²) in [5, 5.41) is 22.6. The van der Waals surface area contributed by atoms with Gasteiger partial charge in [-0.1, -0.05) is 30.4 Å². The van der Waals surface area contributed by atoms with E-state index >= 15 is 0 Å². The van der Waals surface area contributed by atoms with Gasteiger partial charge < -0.3 is 5.32 Å². The Morgan fingerprint density at radius 1 is 1.19 bits per heavy atom. The van der Waals surface area contributed by atoms with E-state index in [4.69, 9.17) is 0 Å². The lowest BCUT2D eigenvalue weighted by Crippen LogP contribution is -2.04. The Hall–Kier alpha value is -3.33. The summed E-state index contributed by atoms with van der Waals surface area (Å²) in [6, 6.07) is 10.3. The van der Waals surface area contributed by atoms with E-state index in [9.17, 15) is 0 Å². The van der Waals surface area contributed by atoms with Gasteiger partial charge in [-0.15, -0.1) is 15.3 Å². The minimum Gasteiger partial charge on any atom is -0.327 e. The van der Waals surface area contributed by atoms with Crippen molar-refractivity contribution in [3.63, 3.8) is 0 Å². The molecule has 0 unspecified atom stereocenters. The number of aromatic nitrogens is 7. The molecule has 1 atom stereocenters. The molecule has 8 nitrogen and oxygen atoms in total. The first kappa shape index (κ1) is 15.9. The summed E-state index contributed by atoms with van der Waals surface area (Å²) in [6.07, 6.45) is 5.46. The van der Waals surface area contributed by atoms with Crippen LogP contribution in [-0.2, 0) is 7.05 Å². The highest BCUT2D eigenvalue weighted by molar-refractivity contribution is 7.20. The van der Waals surface area contributed by atoms with Gasteiger partial charge in [0.05, 0.1) is 17.4 Å². The van der Waals surface area contributed by atoms with Crippen molar-refractivity contribution >= 4 is 38.0 Å². The molecule has 0 aliphatic carbocycles. The number of nitrogens with one attached hydrogen (secondary N) is 1. The van der Waals surface area contributed by atoms with Gasteiger partial charge in [0.1, 0.15) is 0 Å². The number of rotatable bonds is 4. The third-order valence-corrected chi connectivity index (χ3v) is 5.30. The number of fused-ring (bicyclic) bond motifs is 2. The second-order valence-electron chi connectivity index (χ2n) is 6.36. The Kier molecular flexibility index (Phi) is 3.61. The Bertz CT molecular complexity index is 1250. The van der Waals surface area contributed by atoms with Gasteiger partial charge in [-0.25, -0.2) is 0 Å². The van der Waals surface area contributed by atoms with Gasteiger partial charge in [-0.2, -0.15) is 9.61 Å². The summed E-state index contributed by atoms with van der Waals surface area (Å²) in [7, 11) is 1.88. The normalized spacial score (nSPS) is 12.7. The summed E-state index contributed by atoms with van der Waals surface area (Å²) in [5.41, 5.74) is 3.02. The minimum atomic E-state index is 0.0537. The predicted octanol–water partition coefficient (Wildman–Crippen LogP) is 3.36. The van der Waals surface area contributed by atoms with Crippen LogP contribution in [-0.4, -0.2) is 34.6 Å². The fourth-order valence-corrected chi connectivity index (χ4v) is 3.84. The summed E-state index contributed by atoms with van der Waals surface area (Å²) in [4.78, 5) is 5.14. The summed E-state index contributed by atoms with van der Waals surface area (Å²) in [5.74, 6) is 0.863. The van der Waals surface area contributed by atoms with Gasteiger partial charge in [0, 0.05) is 30.7 Å². The molecule has 9 heteroatoms. The van der Waals surface area contributed by atoms with Crippen molar-refractivity contribution in [1.29, 1.82) is 0 Å². The van der Waals surface area contributed by atoms with E-state index in [1.807, 2.05) is 29.9 Å². The van der Waals surface area contributed by atoms with Crippen molar-refractivity contribution in [3.05, 3.63) is 60.3 Å². The molecule has 5 rings (SSSR count). The van der Waals surface area contributed by atoms with Gasteiger partial charge in [0.15, 0.2) is 5.82 Å². The second-order valence-corrected chi connectivity index (χ2v) is 7.32. The highest BCUT2D eigenvalue weighted by Crippen LogP contribution is 2.29. The van der Waals surface area contributed by atoms with Crippen molar-refractivity contribution in [2.75, 3.05) is 5.32 Å². The molecule has 4 heterocycles. The summed E-state index contributed by atoms with van der Waals surface area (Å²) < 4.78 is 3.55. The molecule has 0 aliphatic heterocycles. The Morgan fingerprint density at radius 2 is 2.11 bits per heavy atom. The van der Waals surface area contributed by atoms with Gasteiger partial charge in [0.2, 0.25) is 10.1 Å². The zero-order chi connectivity index (χ0) is 18.4. The molecule has 0 bridgehead atoms. The second kappa shape index (κ2) is 6.13. The zero-order valence-electron chi connectivity index (χ0n) is 14.7. The number of aryl methyl sites for hydroxylation is 1. The predicted molar refractivity (Wildman–Crippen MR) is 104 cm³/mol. The molecule has 0 spiro atoms. The van der Waals surface area contributed by atoms with Crippen LogP contribution in [0.4, 0.5) is 10.8 Å². The maximum Gasteiger partial charge on any atom is 0.236 e. The Morgan fingerprint density at radius 3 is 2.96 bits per heavy atom. The maximum atomic E-state index is 4.64. The van der Waals surface area contributed by atoms with Crippen LogP contribution >= 0.6 is 11.3 Å². The van der Waals surface area contributed by atoms with Crippen molar-refractivity contribution in [2.45, 2.75) is 12.8 Å². The maximum absolute atomic E-state index is 4.64. The van der Waals surface area contributed by atoms with Crippen molar-refractivity contribution in [3.8, 4) is 0 Å². The third-order valence-electron chi connectivity index (χ3n) is 4.49. The van der Waals surface area contributed by atoms with E-state index in [0.717, 1.165) is 38.1 Å². The lowest BCUT2D eigenvalue weighted by molar-refractivity contribution is 0.759. The minimum absolute atomic E-state index is 0.0537. The van der Waals surface area contributed by atoms with E-state index in [0.29, 0.717) is 0 Å². The van der Waals surface area contributed by atoms with Crippen LogP contribution in [0.1, 0.15) is 24.2 Å². The molecule has 1 N–H and O–H groups in total. The summed E-state index contributed by atoms with van der Waals surface area (Å²) >= 11 is 1.46. The van der Waals surface area contributed by atoms with Crippen LogP contribution in [0.25, 0.3) is 15.9 Å². The monoisotopic (exact) mass is 376 g/mol. The molecule has 0 saturated carbocycles.